The molecule has 0 spiro atoms. The predicted molar refractivity (Wildman–Crippen MR) is 136 cm³/mol. The molecule has 5 rings (SSSR count). The molecule has 36 heavy (non-hydrogen) atoms. The summed E-state index contributed by atoms with van der Waals surface area (Å²) in [7, 11) is 0. The molecule has 1 fully saturated rings. The maximum Gasteiger partial charge on any atom is 0.407 e. The van der Waals surface area contributed by atoms with Gasteiger partial charge in [0.2, 0.25) is 0 Å². The molecule has 7 nitrogen and oxygen atoms in total. The fourth-order valence-corrected chi connectivity index (χ4v) is 4.87. The van der Waals surface area contributed by atoms with Crippen LogP contribution in [0.2, 0.25) is 0 Å². The summed E-state index contributed by atoms with van der Waals surface area (Å²) in [5.74, 6) is -0.446. The lowest BCUT2D eigenvalue weighted by Gasteiger charge is -2.32. The maximum absolute atomic E-state index is 12.5. The zero-order chi connectivity index (χ0) is 24.9. The van der Waals surface area contributed by atoms with Crippen molar-refractivity contribution in [2.24, 2.45) is 0 Å². The molecule has 2 aliphatic heterocycles. The maximum atomic E-state index is 12.5. The summed E-state index contributed by atoms with van der Waals surface area (Å²) in [5.41, 5.74) is 4.18. The number of hydrogen-bond donors (Lipinski definition) is 1. The van der Waals surface area contributed by atoms with Crippen LogP contribution in [0.5, 0.6) is 0 Å². The lowest BCUT2D eigenvalue weighted by atomic mass is 10.00. The van der Waals surface area contributed by atoms with Crippen molar-refractivity contribution in [3.05, 3.63) is 95.6 Å². The van der Waals surface area contributed by atoms with Crippen LogP contribution in [0.15, 0.2) is 78.9 Å². The van der Waals surface area contributed by atoms with E-state index in [1.807, 2.05) is 36.4 Å². The summed E-state index contributed by atoms with van der Waals surface area (Å²) in [6.07, 6.45) is 0.874. The van der Waals surface area contributed by atoms with Crippen LogP contribution >= 0.6 is 0 Å². The van der Waals surface area contributed by atoms with E-state index >= 15 is 0 Å². The van der Waals surface area contributed by atoms with Crippen molar-refractivity contribution < 1.29 is 19.1 Å². The van der Waals surface area contributed by atoms with Crippen LogP contribution < -0.4 is 5.32 Å². The smallest absolute Gasteiger partial charge is 0.407 e. The highest BCUT2D eigenvalue weighted by Crippen LogP contribution is 2.24. The first-order valence-electron chi connectivity index (χ1n) is 12.4. The molecule has 2 aliphatic rings. The van der Waals surface area contributed by atoms with Crippen LogP contribution in [0.4, 0.5) is 4.79 Å². The van der Waals surface area contributed by atoms with Crippen LogP contribution in [0.25, 0.3) is 11.1 Å². The molecule has 0 bridgehead atoms. The SMILES string of the molecule is O=C(NCc1ccccc1-c1ccccc1)OC1CCN(CCN2C(=O)c3ccccc3C2=O)CC1. The number of imide groups is 1. The van der Waals surface area contributed by atoms with Gasteiger partial charge in [0.05, 0.1) is 11.1 Å². The second kappa shape index (κ2) is 10.7. The van der Waals surface area contributed by atoms with Gasteiger partial charge in [0, 0.05) is 32.7 Å². The standard InChI is InChI=1S/C29H29N3O4/c33-27-25-12-6-7-13-26(25)28(34)32(27)19-18-31-16-14-23(15-17-31)36-29(35)30-20-22-10-4-5-11-24(22)21-8-2-1-3-9-21/h1-13,23H,14-20H2,(H,30,35). The molecule has 7 heteroatoms. The van der Waals surface area contributed by atoms with E-state index in [0.29, 0.717) is 30.8 Å². The highest BCUT2D eigenvalue weighted by Gasteiger charge is 2.35. The second-order valence-electron chi connectivity index (χ2n) is 9.13. The predicted octanol–water partition coefficient (Wildman–Crippen LogP) is 4.34. The van der Waals surface area contributed by atoms with Crippen LogP contribution in [0.1, 0.15) is 39.1 Å². The van der Waals surface area contributed by atoms with E-state index in [4.69, 9.17) is 4.74 Å². The van der Waals surface area contributed by atoms with Gasteiger partial charge < -0.3 is 15.0 Å². The Labute approximate surface area is 210 Å². The Morgan fingerprint density at radius 2 is 1.36 bits per heavy atom. The van der Waals surface area contributed by atoms with Crippen LogP contribution in [0.3, 0.4) is 0 Å². The van der Waals surface area contributed by atoms with Crippen molar-refractivity contribution in [3.63, 3.8) is 0 Å². The molecule has 2 heterocycles. The van der Waals surface area contributed by atoms with Crippen LogP contribution in [-0.2, 0) is 11.3 Å². The molecule has 184 valence electrons. The lowest BCUT2D eigenvalue weighted by Crippen LogP contribution is -2.43. The number of amides is 3. The Bertz CT molecular complexity index is 1220. The van der Waals surface area contributed by atoms with Crippen molar-refractivity contribution in [3.8, 4) is 11.1 Å². The molecular weight excluding hydrogens is 454 g/mol. The minimum Gasteiger partial charge on any atom is -0.446 e. The van der Waals surface area contributed by atoms with Crippen molar-refractivity contribution in [2.75, 3.05) is 26.2 Å². The molecule has 3 aromatic carbocycles. The van der Waals surface area contributed by atoms with E-state index in [-0.39, 0.29) is 17.9 Å². The average molecular weight is 484 g/mol. The molecule has 0 radical (unpaired) electrons. The molecule has 0 aliphatic carbocycles. The fraction of sp³-hybridized carbons (Fsp3) is 0.276. The van der Waals surface area contributed by atoms with Gasteiger partial charge in [-0.3, -0.25) is 14.5 Å². The summed E-state index contributed by atoms with van der Waals surface area (Å²) in [6.45, 7) is 2.86. The summed E-state index contributed by atoms with van der Waals surface area (Å²) >= 11 is 0. The third kappa shape index (κ3) is 5.16. The molecule has 0 aromatic heterocycles. The highest BCUT2D eigenvalue weighted by atomic mass is 16.6. The Morgan fingerprint density at radius 3 is 2.03 bits per heavy atom. The van der Waals surface area contributed by atoms with Gasteiger partial charge in [0.1, 0.15) is 6.10 Å². The number of carbonyl (C=O) groups is 3. The topological polar surface area (TPSA) is 79.0 Å². The number of fused-ring (bicyclic) bond motifs is 1. The van der Waals surface area contributed by atoms with E-state index in [0.717, 1.165) is 42.6 Å². The molecular formula is C29H29N3O4. The monoisotopic (exact) mass is 483 g/mol. The first-order valence-corrected chi connectivity index (χ1v) is 12.4. The minimum absolute atomic E-state index is 0.148. The van der Waals surface area contributed by atoms with E-state index in [9.17, 15) is 14.4 Å². The summed E-state index contributed by atoms with van der Waals surface area (Å²) < 4.78 is 5.67. The number of benzene rings is 3. The molecule has 0 atom stereocenters. The van der Waals surface area contributed by atoms with Gasteiger partial charge in [0.25, 0.3) is 11.8 Å². The number of alkyl carbamates (subject to hydrolysis) is 1. The third-order valence-electron chi connectivity index (χ3n) is 6.85. The van der Waals surface area contributed by atoms with Gasteiger partial charge in [0.15, 0.2) is 0 Å². The van der Waals surface area contributed by atoms with Gasteiger partial charge >= 0.3 is 6.09 Å². The number of hydrogen-bond acceptors (Lipinski definition) is 5. The van der Waals surface area contributed by atoms with E-state index < -0.39 is 6.09 Å². The molecule has 3 amide bonds. The van der Waals surface area contributed by atoms with Crippen molar-refractivity contribution >= 4 is 17.9 Å². The van der Waals surface area contributed by atoms with Crippen LogP contribution in [-0.4, -0.2) is 60.0 Å². The van der Waals surface area contributed by atoms with Crippen LogP contribution in [0, 0.1) is 0 Å². The zero-order valence-electron chi connectivity index (χ0n) is 20.1. The first-order chi connectivity index (χ1) is 17.6. The molecule has 0 unspecified atom stereocenters. The van der Waals surface area contributed by atoms with E-state index in [1.54, 1.807) is 24.3 Å². The zero-order valence-corrected chi connectivity index (χ0v) is 20.1. The average Bonchev–Trinajstić information content (AvgIpc) is 3.17. The largest absolute Gasteiger partial charge is 0.446 e. The normalized spacial score (nSPS) is 16.2. The Kier molecular flexibility index (Phi) is 7.09. The van der Waals surface area contributed by atoms with Gasteiger partial charge in [-0.1, -0.05) is 66.7 Å². The number of likely N-dealkylation sites (tertiary alicyclic amines) is 1. The summed E-state index contributed by atoms with van der Waals surface area (Å²) in [6, 6.07) is 25.1. The van der Waals surface area contributed by atoms with E-state index in [2.05, 4.69) is 28.4 Å². The number of nitrogens with one attached hydrogen (secondary N) is 1. The fourth-order valence-electron chi connectivity index (χ4n) is 4.87. The number of piperidine rings is 1. The second-order valence-corrected chi connectivity index (χ2v) is 9.13. The van der Waals surface area contributed by atoms with Gasteiger partial charge in [-0.2, -0.15) is 0 Å². The summed E-state index contributed by atoms with van der Waals surface area (Å²) in [5, 5.41) is 2.89. The molecule has 1 N–H and O–H groups in total. The molecule has 0 saturated carbocycles. The molecule has 1 saturated heterocycles. The highest BCUT2D eigenvalue weighted by molar-refractivity contribution is 6.21. The quantitative estimate of drug-likeness (QED) is 0.506. The van der Waals surface area contributed by atoms with Gasteiger partial charge in [-0.15, -0.1) is 0 Å². The lowest BCUT2D eigenvalue weighted by molar-refractivity contribution is 0.0445. The minimum atomic E-state index is -0.415. The van der Waals surface area contributed by atoms with Crippen molar-refractivity contribution in [2.45, 2.75) is 25.5 Å². The summed E-state index contributed by atoms with van der Waals surface area (Å²) in [4.78, 5) is 41.1. The Balaban J connectivity index is 1.06. The molecule has 3 aromatic rings. The van der Waals surface area contributed by atoms with Crippen molar-refractivity contribution in [1.82, 2.24) is 15.1 Å². The van der Waals surface area contributed by atoms with Gasteiger partial charge in [-0.05, 0) is 41.7 Å². The number of ether oxygens (including phenoxy) is 1. The number of carbonyl (C=O) groups excluding carboxylic acids is 3. The third-order valence-corrected chi connectivity index (χ3v) is 6.85. The Morgan fingerprint density at radius 1 is 0.778 bits per heavy atom. The van der Waals surface area contributed by atoms with Crippen molar-refractivity contribution in [1.29, 1.82) is 0 Å². The Hall–Kier alpha value is -3.97. The number of rotatable bonds is 7. The number of nitrogens with zero attached hydrogens (tertiary/aromatic N) is 2. The first kappa shape index (κ1) is 23.8. The van der Waals surface area contributed by atoms with Gasteiger partial charge in [-0.25, -0.2) is 4.79 Å². The van der Waals surface area contributed by atoms with E-state index in [1.165, 1.54) is 4.90 Å².